The maximum absolute atomic E-state index is 11.2. The zero-order valence-corrected chi connectivity index (χ0v) is 10.1. The van der Waals surface area contributed by atoms with Gasteiger partial charge in [0.25, 0.3) is 11.6 Å². The van der Waals surface area contributed by atoms with E-state index in [1.165, 1.54) is 0 Å². The number of nitrogens with two attached hydrogens (primary N) is 1. The second-order valence-electron chi connectivity index (χ2n) is 3.75. The first-order valence-electron chi connectivity index (χ1n) is 5.61. The van der Waals surface area contributed by atoms with Gasteiger partial charge in [0.1, 0.15) is 12.0 Å². The quantitative estimate of drug-likeness (QED) is 0.431. The maximum atomic E-state index is 11.2. The number of nitriles is 1. The zero-order chi connectivity index (χ0) is 14.3. The molecule has 0 radical (unpaired) electrons. The molecule has 0 saturated heterocycles. The Labute approximate surface area is 109 Å². The summed E-state index contributed by atoms with van der Waals surface area (Å²) in [7, 11) is 0. The van der Waals surface area contributed by atoms with Crippen molar-refractivity contribution in [2.45, 2.75) is 19.3 Å². The molecular formula is C11H13N5O3. The fraction of sp³-hybridized carbons (Fsp3) is 0.364. The van der Waals surface area contributed by atoms with Crippen molar-refractivity contribution in [3.63, 3.8) is 0 Å². The summed E-state index contributed by atoms with van der Waals surface area (Å²) in [4.78, 5) is 25.0. The van der Waals surface area contributed by atoms with Crippen LogP contribution in [0.4, 0.5) is 11.5 Å². The number of hydrogen-bond donors (Lipinski definition) is 2. The molecule has 0 aliphatic carbocycles. The number of unbranched alkanes of at least 4 members (excludes halogenated alkanes) is 2. The van der Waals surface area contributed by atoms with Gasteiger partial charge in [-0.05, 0) is 12.8 Å². The molecule has 8 heteroatoms. The smallest absolute Gasteiger partial charge is 0.288 e. The summed E-state index contributed by atoms with van der Waals surface area (Å²) in [5.74, 6) is -0.564. The van der Waals surface area contributed by atoms with E-state index in [9.17, 15) is 14.9 Å². The number of pyridine rings is 1. The SMILES string of the molecule is N#CCCCCNc1ncc([N+](=O)[O-])cc1C(N)=O. The number of anilines is 1. The van der Waals surface area contributed by atoms with E-state index in [0.717, 1.165) is 25.1 Å². The van der Waals surface area contributed by atoms with Crippen LogP contribution < -0.4 is 11.1 Å². The minimum Gasteiger partial charge on any atom is -0.369 e. The first kappa shape index (κ1) is 14.4. The van der Waals surface area contributed by atoms with Gasteiger partial charge in [0, 0.05) is 19.0 Å². The van der Waals surface area contributed by atoms with E-state index in [4.69, 9.17) is 11.0 Å². The molecule has 0 aliphatic rings. The lowest BCUT2D eigenvalue weighted by Gasteiger charge is -2.08. The van der Waals surface area contributed by atoms with Gasteiger partial charge in [-0.15, -0.1) is 0 Å². The third-order valence-corrected chi connectivity index (χ3v) is 2.36. The fourth-order valence-electron chi connectivity index (χ4n) is 1.42. The highest BCUT2D eigenvalue weighted by molar-refractivity contribution is 5.98. The molecular weight excluding hydrogens is 250 g/mol. The highest BCUT2D eigenvalue weighted by Gasteiger charge is 2.15. The van der Waals surface area contributed by atoms with Crippen molar-refractivity contribution in [3.05, 3.63) is 27.9 Å². The van der Waals surface area contributed by atoms with Gasteiger partial charge in [0.05, 0.1) is 16.6 Å². The Balaban J connectivity index is 2.75. The largest absolute Gasteiger partial charge is 0.369 e. The van der Waals surface area contributed by atoms with E-state index in [1.807, 2.05) is 6.07 Å². The summed E-state index contributed by atoms with van der Waals surface area (Å²) in [5.41, 5.74) is 4.84. The van der Waals surface area contributed by atoms with Crippen LogP contribution in [0.15, 0.2) is 12.3 Å². The predicted molar refractivity (Wildman–Crippen MR) is 67.4 cm³/mol. The van der Waals surface area contributed by atoms with Crippen molar-refractivity contribution < 1.29 is 9.72 Å². The molecule has 0 saturated carbocycles. The molecule has 3 N–H and O–H groups in total. The molecule has 8 nitrogen and oxygen atoms in total. The summed E-state index contributed by atoms with van der Waals surface area (Å²) in [6, 6.07) is 3.11. The van der Waals surface area contributed by atoms with E-state index in [0.29, 0.717) is 13.0 Å². The second-order valence-corrected chi connectivity index (χ2v) is 3.75. The molecule has 1 heterocycles. The summed E-state index contributed by atoms with van der Waals surface area (Å²) in [6.45, 7) is 0.507. The van der Waals surface area contributed by atoms with Crippen LogP contribution in [0.1, 0.15) is 29.6 Å². The molecule has 0 bridgehead atoms. The van der Waals surface area contributed by atoms with E-state index in [2.05, 4.69) is 10.3 Å². The molecule has 0 atom stereocenters. The zero-order valence-electron chi connectivity index (χ0n) is 10.1. The van der Waals surface area contributed by atoms with Gasteiger partial charge < -0.3 is 11.1 Å². The van der Waals surface area contributed by atoms with Crippen molar-refractivity contribution >= 4 is 17.4 Å². The first-order chi connectivity index (χ1) is 9.06. The van der Waals surface area contributed by atoms with Crippen LogP contribution in [-0.2, 0) is 0 Å². The van der Waals surface area contributed by atoms with Crippen LogP contribution in [-0.4, -0.2) is 22.4 Å². The summed E-state index contributed by atoms with van der Waals surface area (Å²) >= 11 is 0. The molecule has 1 aromatic rings. The molecule has 0 aliphatic heterocycles. The predicted octanol–water partition coefficient (Wildman–Crippen LogP) is 1.19. The average Bonchev–Trinajstić information content (AvgIpc) is 2.38. The monoisotopic (exact) mass is 263 g/mol. The molecule has 1 rings (SSSR count). The van der Waals surface area contributed by atoms with Gasteiger partial charge >= 0.3 is 0 Å². The maximum Gasteiger partial charge on any atom is 0.288 e. The second kappa shape index (κ2) is 6.90. The van der Waals surface area contributed by atoms with Gasteiger partial charge in [-0.1, -0.05) is 0 Å². The Bertz CT molecular complexity index is 524. The third-order valence-electron chi connectivity index (χ3n) is 2.36. The van der Waals surface area contributed by atoms with Gasteiger partial charge in [0.2, 0.25) is 0 Å². The van der Waals surface area contributed by atoms with Crippen LogP contribution in [0.25, 0.3) is 0 Å². The molecule has 19 heavy (non-hydrogen) atoms. The van der Waals surface area contributed by atoms with Gasteiger partial charge in [-0.2, -0.15) is 5.26 Å². The van der Waals surface area contributed by atoms with E-state index >= 15 is 0 Å². The highest BCUT2D eigenvalue weighted by Crippen LogP contribution is 2.18. The van der Waals surface area contributed by atoms with Crippen LogP contribution in [0.3, 0.4) is 0 Å². The number of aromatic nitrogens is 1. The molecule has 100 valence electrons. The number of carbonyl (C=O) groups excluding carboxylic acids is 1. The molecule has 0 aromatic carbocycles. The van der Waals surface area contributed by atoms with Gasteiger partial charge in [0.15, 0.2) is 0 Å². The van der Waals surface area contributed by atoms with Crippen LogP contribution in [0.5, 0.6) is 0 Å². The van der Waals surface area contributed by atoms with Crippen molar-refractivity contribution in [3.8, 4) is 6.07 Å². The summed E-state index contributed by atoms with van der Waals surface area (Å²) in [6.07, 6.45) is 2.97. The topological polar surface area (TPSA) is 135 Å². The molecule has 1 amide bonds. The lowest BCUT2D eigenvalue weighted by atomic mass is 10.2. The Hall–Kier alpha value is -2.69. The lowest BCUT2D eigenvalue weighted by Crippen LogP contribution is -2.16. The number of nitro groups is 1. The average molecular weight is 263 g/mol. The summed E-state index contributed by atoms with van der Waals surface area (Å²) < 4.78 is 0. The number of carbonyl (C=O) groups is 1. The van der Waals surface area contributed by atoms with Gasteiger partial charge in [-0.3, -0.25) is 14.9 Å². The minimum atomic E-state index is -0.782. The Morgan fingerprint density at radius 3 is 2.89 bits per heavy atom. The molecule has 0 fully saturated rings. The minimum absolute atomic E-state index is 0.0190. The highest BCUT2D eigenvalue weighted by atomic mass is 16.6. The fourth-order valence-corrected chi connectivity index (χ4v) is 1.42. The van der Waals surface area contributed by atoms with E-state index < -0.39 is 10.8 Å². The van der Waals surface area contributed by atoms with Crippen LogP contribution >= 0.6 is 0 Å². The van der Waals surface area contributed by atoms with E-state index in [1.54, 1.807) is 0 Å². The number of rotatable bonds is 7. The number of nitrogens with zero attached hydrogens (tertiary/aromatic N) is 3. The molecule has 0 unspecified atom stereocenters. The summed E-state index contributed by atoms with van der Waals surface area (Å²) in [5, 5.41) is 21.8. The number of hydrogen-bond acceptors (Lipinski definition) is 6. The lowest BCUT2D eigenvalue weighted by molar-refractivity contribution is -0.385. The number of nitrogens with one attached hydrogen (secondary N) is 1. The Morgan fingerprint density at radius 1 is 1.58 bits per heavy atom. The molecule has 0 spiro atoms. The number of amides is 1. The Kier molecular flexibility index (Phi) is 5.22. The van der Waals surface area contributed by atoms with Crippen molar-refractivity contribution in [1.29, 1.82) is 5.26 Å². The van der Waals surface area contributed by atoms with Crippen LogP contribution in [0, 0.1) is 21.4 Å². The Morgan fingerprint density at radius 2 is 2.32 bits per heavy atom. The van der Waals surface area contributed by atoms with Crippen molar-refractivity contribution in [1.82, 2.24) is 4.98 Å². The molecule has 1 aromatic heterocycles. The number of primary amides is 1. The van der Waals surface area contributed by atoms with E-state index in [-0.39, 0.29) is 17.1 Å². The normalized spacial score (nSPS) is 9.63. The van der Waals surface area contributed by atoms with Gasteiger partial charge in [-0.25, -0.2) is 4.98 Å². The van der Waals surface area contributed by atoms with Crippen molar-refractivity contribution in [2.24, 2.45) is 5.73 Å². The first-order valence-corrected chi connectivity index (χ1v) is 5.61. The van der Waals surface area contributed by atoms with Crippen LogP contribution in [0.2, 0.25) is 0 Å². The van der Waals surface area contributed by atoms with Crippen molar-refractivity contribution in [2.75, 3.05) is 11.9 Å². The third kappa shape index (κ3) is 4.23. The standard InChI is InChI=1S/C11H13N5O3/c12-4-2-1-3-5-14-11-9(10(13)17)6-8(7-15-11)16(18)19/h6-7H,1-3,5H2,(H2,13,17)(H,14,15).